The number of hydrogen-bond donors (Lipinski definition) is 2. The van der Waals surface area contributed by atoms with Crippen LogP contribution in [0.2, 0.25) is 0 Å². The van der Waals surface area contributed by atoms with Gasteiger partial charge >= 0.3 is 0 Å². The monoisotopic (exact) mass is 265 g/mol. The number of hydrogen-bond acceptors (Lipinski definition) is 2. The third kappa shape index (κ3) is 3.69. The molecule has 1 rings (SSSR count). The second kappa shape index (κ2) is 7.12. The Morgan fingerprint density at radius 1 is 1.42 bits per heavy atom. The highest BCUT2D eigenvalue weighted by atomic mass is 19.1. The van der Waals surface area contributed by atoms with Crippen LogP contribution in [0.3, 0.4) is 0 Å². The van der Waals surface area contributed by atoms with Gasteiger partial charge in [-0.1, -0.05) is 26.3 Å². The lowest BCUT2D eigenvalue weighted by Crippen LogP contribution is -2.35. The molecule has 19 heavy (non-hydrogen) atoms. The lowest BCUT2D eigenvalue weighted by Gasteiger charge is -2.32. The number of rotatable bonds is 7. The summed E-state index contributed by atoms with van der Waals surface area (Å²) >= 11 is 0. The zero-order valence-electron chi connectivity index (χ0n) is 12.0. The van der Waals surface area contributed by atoms with E-state index in [-0.39, 0.29) is 11.4 Å². The Hall–Kier alpha value is -1.58. The van der Waals surface area contributed by atoms with Gasteiger partial charge in [0, 0.05) is 12.6 Å². The minimum absolute atomic E-state index is 0.210. The van der Waals surface area contributed by atoms with Gasteiger partial charge in [0.2, 0.25) is 0 Å². The van der Waals surface area contributed by atoms with E-state index in [2.05, 4.69) is 25.7 Å². The van der Waals surface area contributed by atoms with E-state index in [0.29, 0.717) is 6.04 Å². The quantitative estimate of drug-likeness (QED) is 0.585. The number of unbranched alkanes of at least 4 members (excludes halogenated alkanes) is 1. The smallest absolute Gasteiger partial charge is 0.136 e. The van der Waals surface area contributed by atoms with E-state index in [1.165, 1.54) is 6.07 Å². The van der Waals surface area contributed by atoms with E-state index in [0.717, 1.165) is 31.5 Å². The molecule has 1 unspecified atom stereocenters. The van der Waals surface area contributed by atoms with Crippen molar-refractivity contribution >= 4 is 11.5 Å². The molecule has 0 fully saturated rings. The summed E-state index contributed by atoms with van der Waals surface area (Å²) in [6.45, 7) is 7.21. The van der Waals surface area contributed by atoms with Crippen LogP contribution in [-0.2, 0) is 0 Å². The van der Waals surface area contributed by atoms with Crippen molar-refractivity contribution in [2.45, 2.75) is 46.1 Å². The van der Waals surface area contributed by atoms with Gasteiger partial charge < -0.3 is 10.6 Å². The Morgan fingerprint density at radius 2 is 2.11 bits per heavy atom. The number of benzene rings is 1. The van der Waals surface area contributed by atoms with E-state index in [1.807, 2.05) is 6.07 Å². The van der Waals surface area contributed by atoms with Crippen LogP contribution in [0.1, 0.15) is 45.6 Å². The van der Waals surface area contributed by atoms with Gasteiger partial charge in [-0.15, -0.1) is 0 Å². The zero-order chi connectivity index (χ0) is 14.4. The number of anilines is 1. The molecule has 4 heteroatoms. The van der Waals surface area contributed by atoms with Crippen LogP contribution in [0, 0.1) is 11.2 Å². The number of nitrogens with zero attached hydrogens (tertiary/aromatic N) is 1. The molecule has 0 saturated carbocycles. The summed E-state index contributed by atoms with van der Waals surface area (Å²) in [5.74, 6) is -0.632. The molecule has 0 spiro atoms. The van der Waals surface area contributed by atoms with Gasteiger partial charge in [0.1, 0.15) is 11.7 Å². The molecule has 0 aromatic heterocycles. The molecule has 0 aliphatic rings. The second-order valence-corrected chi connectivity index (χ2v) is 4.85. The molecular formula is C15H24FN3. The molecule has 1 aromatic rings. The Morgan fingerprint density at radius 3 is 2.63 bits per heavy atom. The number of amidine groups is 1. The average Bonchev–Trinajstić information content (AvgIpc) is 2.38. The summed E-state index contributed by atoms with van der Waals surface area (Å²) in [7, 11) is 0. The fraction of sp³-hybridized carbons (Fsp3) is 0.533. The molecule has 0 bridgehead atoms. The third-order valence-electron chi connectivity index (χ3n) is 3.45. The van der Waals surface area contributed by atoms with Crippen LogP contribution in [-0.4, -0.2) is 18.4 Å². The van der Waals surface area contributed by atoms with Gasteiger partial charge in [-0.05, 0) is 31.9 Å². The zero-order valence-corrected chi connectivity index (χ0v) is 12.0. The first-order chi connectivity index (χ1) is 9.02. The molecule has 0 saturated heterocycles. The highest BCUT2D eigenvalue weighted by molar-refractivity contribution is 6.00. The molecule has 3 nitrogen and oxygen atoms in total. The van der Waals surface area contributed by atoms with Crippen LogP contribution < -0.4 is 10.6 Å². The van der Waals surface area contributed by atoms with Crippen LogP contribution in [0.5, 0.6) is 0 Å². The predicted octanol–water partition coefficient (Wildman–Crippen LogP) is 3.51. The number of halogens is 1. The Kier molecular flexibility index (Phi) is 5.80. The summed E-state index contributed by atoms with van der Waals surface area (Å²) in [4.78, 5) is 2.16. The topological polar surface area (TPSA) is 53.1 Å². The summed E-state index contributed by atoms with van der Waals surface area (Å²) < 4.78 is 13.9. The summed E-state index contributed by atoms with van der Waals surface area (Å²) in [5, 5.41) is 7.60. The largest absolute Gasteiger partial charge is 0.384 e. The van der Waals surface area contributed by atoms with Crippen molar-refractivity contribution in [3.05, 3.63) is 29.6 Å². The maximum absolute atomic E-state index is 13.9. The van der Waals surface area contributed by atoms with Gasteiger partial charge in [-0.3, -0.25) is 5.41 Å². The fourth-order valence-electron chi connectivity index (χ4n) is 2.15. The van der Waals surface area contributed by atoms with E-state index < -0.39 is 5.82 Å². The standard InChI is InChI=1S/C15H24FN3/c1-4-6-10-19(11(3)5-2)13-9-7-8-12(16)14(13)15(17)18/h7-9,11H,4-6,10H2,1-3H3,(H3,17,18). The van der Waals surface area contributed by atoms with Crippen LogP contribution in [0.4, 0.5) is 10.1 Å². The minimum Gasteiger partial charge on any atom is -0.384 e. The first-order valence-corrected chi connectivity index (χ1v) is 6.92. The Labute approximate surface area is 115 Å². The molecule has 0 aliphatic carbocycles. The first kappa shape index (κ1) is 15.5. The fourth-order valence-corrected chi connectivity index (χ4v) is 2.15. The van der Waals surface area contributed by atoms with Crippen LogP contribution in [0.15, 0.2) is 18.2 Å². The number of nitrogens with one attached hydrogen (secondary N) is 1. The van der Waals surface area contributed by atoms with Crippen LogP contribution in [0.25, 0.3) is 0 Å². The second-order valence-electron chi connectivity index (χ2n) is 4.85. The number of nitrogen functional groups attached to an aromatic ring is 1. The van der Waals surface area contributed by atoms with Crippen molar-refractivity contribution in [2.24, 2.45) is 5.73 Å². The van der Waals surface area contributed by atoms with Gasteiger partial charge in [0.15, 0.2) is 0 Å². The van der Waals surface area contributed by atoms with Crippen LogP contribution >= 0.6 is 0 Å². The SMILES string of the molecule is CCCCN(c1cccc(F)c1C(=N)N)C(C)CC. The van der Waals surface area contributed by atoms with Crippen molar-refractivity contribution < 1.29 is 4.39 Å². The van der Waals surface area contributed by atoms with Crippen molar-refractivity contribution in [3.63, 3.8) is 0 Å². The maximum Gasteiger partial charge on any atom is 0.136 e. The van der Waals surface area contributed by atoms with E-state index in [9.17, 15) is 4.39 Å². The average molecular weight is 265 g/mol. The molecule has 0 radical (unpaired) electrons. The molecule has 106 valence electrons. The normalized spacial score (nSPS) is 12.2. The first-order valence-electron chi connectivity index (χ1n) is 6.92. The van der Waals surface area contributed by atoms with Gasteiger partial charge in [0.25, 0.3) is 0 Å². The van der Waals surface area contributed by atoms with Gasteiger partial charge in [0.05, 0.1) is 11.3 Å². The lowest BCUT2D eigenvalue weighted by molar-refractivity contribution is 0.587. The van der Waals surface area contributed by atoms with Crippen molar-refractivity contribution in [2.75, 3.05) is 11.4 Å². The molecule has 0 aliphatic heterocycles. The Balaban J connectivity index is 3.21. The van der Waals surface area contributed by atoms with E-state index in [4.69, 9.17) is 11.1 Å². The lowest BCUT2D eigenvalue weighted by atomic mass is 10.1. The summed E-state index contributed by atoms with van der Waals surface area (Å²) in [5.41, 5.74) is 6.49. The molecule has 1 atom stereocenters. The highest BCUT2D eigenvalue weighted by Gasteiger charge is 2.19. The minimum atomic E-state index is -0.421. The van der Waals surface area contributed by atoms with Gasteiger partial charge in [-0.2, -0.15) is 0 Å². The Bertz CT molecular complexity index is 431. The molecular weight excluding hydrogens is 241 g/mol. The predicted molar refractivity (Wildman–Crippen MR) is 79.4 cm³/mol. The maximum atomic E-state index is 13.9. The summed E-state index contributed by atoms with van der Waals surface area (Å²) in [6.07, 6.45) is 3.09. The molecule has 1 aromatic carbocycles. The number of nitrogens with two attached hydrogens (primary N) is 1. The van der Waals surface area contributed by atoms with E-state index >= 15 is 0 Å². The molecule has 0 amide bonds. The summed E-state index contributed by atoms with van der Waals surface area (Å²) in [6, 6.07) is 5.18. The third-order valence-corrected chi connectivity index (χ3v) is 3.45. The van der Waals surface area contributed by atoms with E-state index in [1.54, 1.807) is 6.07 Å². The molecule has 3 N–H and O–H groups in total. The highest BCUT2D eigenvalue weighted by Crippen LogP contribution is 2.26. The van der Waals surface area contributed by atoms with Crippen molar-refractivity contribution in [1.82, 2.24) is 0 Å². The van der Waals surface area contributed by atoms with Crippen molar-refractivity contribution in [3.8, 4) is 0 Å². The molecule has 0 heterocycles. The van der Waals surface area contributed by atoms with Gasteiger partial charge in [-0.25, -0.2) is 4.39 Å². The van der Waals surface area contributed by atoms with Crippen molar-refractivity contribution in [1.29, 1.82) is 5.41 Å².